The van der Waals surface area contributed by atoms with Crippen molar-refractivity contribution in [1.29, 1.82) is 0 Å². The van der Waals surface area contributed by atoms with Gasteiger partial charge in [-0.1, -0.05) is 30.3 Å². The fraction of sp³-hybridized carbons (Fsp3) is 0.320. The van der Waals surface area contributed by atoms with E-state index in [2.05, 4.69) is 66.4 Å². The van der Waals surface area contributed by atoms with Crippen molar-refractivity contribution in [2.24, 2.45) is 0 Å². The molecule has 0 aliphatic heterocycles. The monoisotopic (exact) mass is 405 g/mol. The zero-order valence-corrected chi connectivity index (χ0v) is 18.3. The fourth-order valence-electron chi connectivity index (χ4n) is 3.54. The lowest BCUT2D eigenvalue weighted by molar-refractivity contribution is 0.305. The van der Waals surface area contributed by atoms with Gasteiger partial charge in [-0.25, -0.2) is 0 Å². The fourth-order valence-corrected chi connectivity index (χ4v) is 3.54. The molecular formula is C25H31N3O2. The minimum absolute atomic E-state index is 0.796. The van der Waals surface area contributed by atoms with Crippen LogP contribution in [0.2, 0.25) is 0 Å². The van der Waals surface area contributed by atoms with Gasteiger partial charge in [0.2, 0.25) is 0 Å². The zero-order chi connectivity index (χ0) is 21.3. The van der Waals surface area contributed by atoms with E-state index in [-0.39, 0.29) is 0 Å². The van der Waals surface area contributed by atoms with Crippen LogP contribution in [0.1, 0.15) is 22.5 Å². The molecule has 0 bridgehead atoms. The molecule has 3 aromatic rings. The molecule has 0 unspecified atom stereocenters. The zero-order valence-electron chi connectivity index (χ0n) is 18.3. The van der Waals surface area contributed by atoms with E-state index in [1.807, 2.05) is 24.3 Å². The summed E-state index contributed by atoms with van der Waals surface area (Å²) in [5.41, 5.74) is 4.61. The molecular weight excluding hydrogens is 374 g/mol. The van der Waals surface area contributed by atoms with Crippen molar-refractivity contribution < 1.29 is 9.47 Å². The summed E-state index contributed by atoms with van der Waals surface area (Å²) < 4.78 is 10.6. The summed E-state index contributed by atoms with van der Waals surface area (Å²) in [6.07, 6.45) is 0. The Hall–Kier alpha value is -2.89. The van der Waals surface area contributed by atoms with Crippen LogP contribution in [0, 0.1) is 0 Å². The Bertz CT molecular complexity index is 872. The van der Waals surface area contributed by atoms with E-state index in [9.17, 15) is 0 Å². The van der Waals surface area contributed by atoms with Gasteiger partial charge in [-0.3, -0.25) is 14.8 Å². The molecule has 0 atom stereocenters. The first-order chi connectivity index (χ1) is 14.6. The lowest BCUT2D eigenvalue weighted by Crippen LogP contribution is -2.20. The minimum Gasteiger partial charge on any atom is -0.497 e. The van der Waals surface area contributed by atoms with Crippen molar-refractivity contribution in [3.05, 3.63) is 89.2 Å². The number of benzene rings is 2. The van der Waals surface area contributed by atoms with Crippen LogP contribution in [0.25, 0.3) is 0 Å². The van der Waals surface area contributed by atoms with Gasteiger partial charge in [0.25, 0.3) is 0 Å². The lowest BCUT2D eigenvalue weighted by Gasteiger charge is -2.19. The van der Waals surface area contributed by atoms with Crippen LogP contribution in [-0.2, 0) is 26.2 Å². The largest absolute Gasteiger partial charge is 0.497 e. The molecule has 3 rings (SSSR count). The molecule has 0 spiro atoms. The lowest BCUT2D eigenvalue weighted by atomic mass is 10.2. The van der Waals surface area contributed by atoms with Crippen molar-refractivity contribution in [1.82, 2.24) is 14.8 Å². The molecule has 0 saturated carbocycles. The van der Waals surface area contributed by atoms with E-state index in [0.717, 1.165) is 49.1 Å². The first kappa shape index (κ1) is 21.8. The quantitative estimate of drug-likeness (QED) is 0.501. The molecule has 1 heterocycles. The van der Waals surface area contributed by atoms with Gasteiger partial charge in [-0.2, -0.15) is 0 Å². The van der Waals surface area contributed by atoms with Gasteiger partial charge < -0.3 is 9.47 Å². The Balaban J connectivity index is 1.56. The summed E-state index contributed by atoms with van der Waals surface area (Å²) in [6.45, 7) is 3.28. The summed E-state index contributed by atoms with van der Waals surface area (Å²) in [5, 5.41) is 0. The molecule has 0 N–H and O–H groups in total. The average Bonchev–Trinajstić information content (AvgIpc) is 2.74. The Labute approximate surface area is 179 Å². The van der Waals surface area contributed by atoms with E-state index in [4.69, 9.17) is 14.5 Å². The summed E-state index contributed by atoms with van der Waals surface area (Å²) in [6, 6.07) is 22.7. The predicted octanol–water partition coefficient (Wildman–Crippen LogP) is 4.36. The second-order valence-electron chi connectivity index (χ2n) is 7.67. The highest BCUT2D eigenvalue weighted by atomic mass is 16.5. The van der Waals surface area contributed by atoms with Crippen molar-refractivity contribution >= 4 is 0 Å². The van der Waals surface area contributed by atoms with Crippen LogP contribution >= 0.6 is 0 Å². The Morgan fingerprint density at radius 1 is 0.633 bits per heavy atom. The smallest absolute Gasteiger partial charge is 0.119 e. The molecule has 0 aliphatic rings. The first-order valence-electron chi connectivity index (χ1n) is 10.1. The van der Waals surface area contributed by atoms with Crippen LogP contribution < -0.4 is 9.47 Å². The standard InChI is InChI=1S/C25H31N3O2/c1-27(16-20-8-5-12-24(14-20)29-3)18-22-10-7-11-23(26-22)19-28(2)17-21-9-6-13-25(15-21)30-4/h5-15H,16-19H2,1-4H3. The third-order valence-corrected chi connectivity index (χ3v) is 4.90. The van der Waals surface area contributed by atoms with Crippen LogP contribution in [0.4, 0.5) is 0 Å². The number of methoxy groups -OCH3 is 2. The second kappa shape index (κ2) is 10.8. The van der Waals surface area contributed by atoms with Crippen LogP contribution in [-0.4, -0.2) is 43.1 Å². The normalized spacial score (nSPS) is 11.1. The number of rotatable bonds is 10. The summed E-state index contributed by atoms with van der Waals surface area (Å²) in [7, 11) is 7.62. The van der Waals surface area contributed by atoms with Crippen molar-refractivity contribution in [3.63, 3.8) is 0 Å². The number of hydrogen-bond acceptors (Lipinski definition) is 5. The molecule has 2 aromatic carbocycles. The minimum atomic E-state index is 0.796. The van der Waals surface area contributed by atoms with Crippen LogP contribution in [0.15, 0.2) is 66.7 Å². The molecule has 30 heavy (non-hydrogen) atoms. The Morgan fingerprint density at radius 2 is 1.07 bits per heavy atom. The van der Waals surface area contributed by atoms with Gasteiger partial charge in [0.05, 0.1) is 25.6 Å². The number of aromatic nitrogens is 1. The number of pyridine rings is 1. The summed E-state index contributed by atoms with van der Waals surface area (Å²) in [4.78, 5) is 9.40. The Kier molecular flexibility index (Phi) is 7.82. The third kappa shape index (κ3) is 6.58. The van der Waals surface area contributed by atoms with E-state index < -0.39 is 0 Å². The highest BCUT2D eigenvalue weighted by Gasteiger charge is 2.08. The van der Waals surface area contributed by atoms with Gasteiger partial charge in [0, 0.05) is 26.2 Å². The average molecular weight is 406 g/mol. The molecule has 158 valence electrons. The van der Waals surface area contributed by atoms with Gasteiger partial charge in [0.1, 0.15) is 11.5 Å². The van der Waals surface area contributed by atoms with E-state index in [1.165, 1.54) is 11.1 Å². The maximum atomic E-state index is 5.32. The second-order valence-corrected chi connectivity index (χ2v) is 7.67. The molecule has 0 aliphatic carbocycles. The van der Waals surface area contributed by atoms with Crippen molar-refractivity contribution in [3.8, 4) is 11.5 Å². The van der Waals surface area contributed by atoms with Crippen molar-refractivity contribution in [2.45, 2.75) is 26.2 Å². The number of hydrogen-bond donors (Lipinski definition) is 0. The highest BCUT2D eigenvalue weighted by molar-refractivity contribution is 5.29. The number of nitrogens with zero attached hydrogens (tertiary/aromatic N) is 3. The number of ether oxygens (including phenoxy) is 2. The molecule has 1 aromatic heterocycles. The first-order valence-corrected chi connectivity index (χ1v) is 10.1. The van der Waals surface area contributed by atoms with Gasteiger partial charge in [-0.15, -0.1) is 0 Å². The molecule has 0 radical (unpaired) electrons. The van der Waals surface area contributed by atoms with E-state index in [0.29, 0.717) is 0 Å². The van der Waals surface area contributed by atoms with Crippen LogP contribution in [0.5, 0.6) is 11.5 Å². The summed E-state index contributed by atoms with van der Waals surface area (Å²) in [5.74, 6) is 1.78. The molecule has 0 amide bonds. The summed E-state index contributed by atoms with van der Waals surface area (Å²) >= 11 is 0. The molecule has 0 saturated heterocycles. The van der Waals surface area contributed by atoms with Gasteiger partial charge >= 0.3 is 0 Å². The van der Waals surface area contributed by atoms with E-state index in [1.54, 1.807) is 14.2 Å². The molecule has 5 nitrogen and oxygen atoms in total. The molecule has 0 fully saturated rings. The van der Waals surface area contributed by atoms with Gasteiger partial charge in [-0.05, 0) is 61.6 Å². The van der Waals surface area contributed by atoms with E-state index >= 15 is 0 Å². The topological polar surface area (TPSA) is 37.8 Å². The van der Waals surface area contributed by atoms with Gasteiger partial charge in [0.15, 0.2) is 0 Å². The highest BCUT2D eigenvalue weighted by Crippen LogP contribution is 2.16. The van der Waals surface area contributed by atoms with Crippen LogP contribution in [0.3, 0.4) is 0 Å². The van der Waals surface area contributed by atoms with Crippen molar-refractivity contribution in [2.75, 3.05) is 28.3 Å². The Morgan fingerprint density at radius 3 is 1.50 bits per heavy atom. The SMILES string of the molecule is COc1cccc(CN(C)Cc2cccc(CN(C)Cc3cccc(OC)c3)n2)c1. The maximum Gasteiger partial charge on any atom is 0.119 e. The third-order valence-electron chi connectivity index (χ3n) is 4.90. The maximum absolute atomic E-state index is 5.32. The molecule has 5 heteroatoms. The predicted molar refractivity (Wildman–Crippen MR) is 121 cm³/mol.